The van der Waals surface area contributed by atoms with Crippen molar-refractivity contribution < 1.29 is 13.9 Å². The SMILES string of the molecule is O[C@H]1CCC[C@@H]1NCc1cc(F)ccc1F. The molecule has 1 aromatic carbocycles. The van der Waals surface area contributed by atoms with Crippen molar-refractivity contribution in [3.05, 3.63) is 35.4 Å². The maximum absolute atomic E-state index is 13.3. The van der Waals surface area contributed by atoms with Crippen LogP contribution in [0.2, 0.25) is 0 Å². The molecule has 2 nitrogen and oxygen atoms in total. The summed E-state index contributed by atoms with van der Waals surface area (Å²) in [5.41, 5.74) is 0.305. The molecule has 0 aliphatic heterocycles. The molecule has 0 bridgehead atoms. The normalized spacial score (nSPS) is 24.9. The maximum Gasteiger partial charge on any atom is 0.127 e. The molecule has 1 aromatic rings. The average Bonchev–Trinajstić information content (AvgIpc) is 2.66. The zero-order valence-corrected chi connectivity index (χ0v) is 8.92. The van der Waals surface area contributed by atoms with E-state index in [4.69, 9.17) is 0 Å². The second kappa shape index (κ2) is 4.89. The summed E-state index contributed by atoms with van der Waals surface area (Å²) < 4.78 is 26.2. The second-order valence-electron chi connectivity index (χ2n) is 4.22. The summed E-state index contributed by atoms with van der Waals surface area (Å²) in [7, 11) is 0. The van der Waals surface area contributed by atoms with E-state index in [2.05, 4.69) is 5.32 Å². The number of halogens is 2. The molecule has 0 aromatic heterocycles. The average molecular weight is 227 g/mol. The van der Waals surface area contributed by atoms with Crippen molar-refractivity contribution in [2.75, 3.05) is 0 Å². The van der Waals surface area contributed by atoms with E-state index in [1.807, 2.05) is 0 Å². The minimum absolute atomic E-state index is 0.00247. The van der Waals surface area contributed by atoms with Gasteiger partial charge in [-0.3, -0.25) is 0 Å². The number of hydrogen-bond donors (Lipinski definition) is 2. The molecular weight excluding hydrogens is 212 g/mol. The van der Waals surface area contributed by atoms with Crippen molar-refractivity contribution >= 4 is 0 Å². The minimum Gasteiger partial charge on any atom is -0.392 e. The summed E-state index contributed by atoms with van der Waals surface area (Å²) in [5, 5.41) is 12.6. The van der Waals surface area contributed by atoms with Gasteiger partial charge in [-0.15, -0.1) is 0 Å². The highest BCUT2D eigenvalue weighted by atomic mass is 19.1. The Hall–Kier alpha value is -1.00. The lowest BCUT2D eigenvalue weighted by Gasteiger charge is -2.16. The molecule has 0 saturated heterocycles. The van der Waals surface area contributed by atoms with Crippen LogP contribution in [0.15, 0.2) is 18.2 Å². The number of nitrogens with one attached hydrogen (secondary N) is 1. The maximum atomic E-state index is 13.3. The van der Waals surface area contributed by atoms with Gasteiger partial charge in [0.1, 0.15) is 11.6 Å². The first-order valence-electron chi connectivity index (χ1n) is 5.52. The third kappa shape index (κ3) is 2.57. The molecule has 0 heterocycles. The molecule has 88 valence electrons. The van der Waals surface area contributed by atoms with E-state index >= 15 is 0 Å². The molecule has 2 atom stereocenters. The quantitative estimate of drug-likeness (QED) is 0.827. The van der Waals surface area contributed by atoms with Gasteiger partial charge >= 0.3 is 0 Å². The molecule has 1 saturated carbocycles. The van der Waals surface area contributed by atoms with Gasteiger partial charge in [0.25, 0.3) is 0 Å². The molecule has 1 aliphatic carbocycles. The lowest BCUT2D eigenvalue weighted by molar-refractivity contribution is 0.148. The largest absolute Gasteiger partial charge is 0.392 e. The molecule has 16 heavy (non-hydrogen) atoms. The van der Waals surface area contributed by atoms with E-state index in [1.54, 1.807) is 0 Å². The third-order valence-corrected chi connectivity index (χ3v) is 3.04. The zero-order chi connectivity index (χ0) is 11.5. The van der Waals surface area contributed by atoms with Crippen molar-refractivity contribution in [3.8, 4) is 0 Å². The number of aliphatic hydroxyl groups excluding tert-OH is 1. The van der Waals surface area contributed by atoms with E-state index in [0.29, 0.717) is 5.56 Å². The molecule has 0 amide bonds. The standard InChI is InChI=1S/C12H15F2NO/c13-9-4-5-10(14)8(6-9)7-15-11-2-1-3-12(11)16/h4-6,11-12,15-16H,1-3,7H2/t11-,12-/m0/s1. The van der Waals surface area contributed by atoms with Crippen molar-refractivity contribution in [2.24, 2.45) is 0 Å². The van der Waals surface area contributed by atoms with Crippen LogP contribution in [0.5, 0.6) is 0 Å². The van der Waals surface area contributed by atoms with Crippen molar-refractivity contribution in [2.45, 2.75) is 38.0 Å². The van der Waals surface area contributed by atoms with Gasteiger partial charge in [0.2, 0.25) is 0 Å². The van der Waals surface area contributed by atoms with Crippen LogP contribution in [0.3, 0.4) is 0 Å². The van der Waals surface area contributed by atoms with E-state index in [1.165, 1.54) is 6.07 Å². The van der Waals surface area contributed by atoms with Crippen molar-refractivity contribution in [1.29, 1.82) is 0 Å². The monoisotopic (exact) mass is 227 g/mol. The Bertz CT molecular complexity index is 370. The van der Waals surface area contributed by atoms with Crippen LogP contribution in [0, 0.1) is 11.6 Å². The van der Waals surface area contributed by atoms with Gasteiger partial charge in [0, 0.05) is 18.2 Å². The van der Waals surface area contributed by atoms with Crippen LogP contribution in [-0.2, 0) is 6.54 Å². The molecular formula is C12H15F2NO. The highest BCUT2D eigenvalue weighted by molar-refractivity contribution is 5.18. The van der Waals surface area contributed by atoms with Crippen LogP contribution in [0.25, 0.3) is 0 Å². The Balaban J connectivity index is 1.96. The van der Waals surface area contributed by atoms with Gasteiger partial charge < -0.3 is 10.4 Å². The summed E-state index contributed by atoms with van der Waals surface area (Å²) in [6.45, 7) is 0.255. The summed E-state index contributed by atoms with van der Waals surface area (Å²) in [5.74, 6) is -0.855. The molecule has 1 fully saturated rings. The first-order chi connectivity index (χ1) is 7.66. The van der Waals surface area contributed by atoms with E-state index in [0.717, 1.165) is 31.4 Å². The Kier molecular flexibility index (Phi) is 3.51. The lowest BCUT2D eigenvalue weighted by Crippen LogP contribution is -2.35. The number of aliphatic hydroxyl groups is 1. The molecule has 0 spiro atoms. The van der Waals surface area contributed by atoms with Crippen molar-refractivity contribution in [1.82, 2.24) is 5.32 Å². The highest BCUT2D eigenvalue weighted by Gasteiger charge is 2.24. The van der Waals surface area contributed by atoms with Crippen LogP contribution in [-0.4, -0.2) is 17.3 Å². The van der Waals surface area contributed by atoms with Gasteiger partial charge in [-0.05, 0) is 37.5 Å². The number of hydrogen-bond acceptors (Lipinski definition) is 2. The van der Waals surface area contributed by atoms with Gasteiger partial charge in [-0.2, -0.15) is 0 Å². The first kappa shape index (κ1) is 11.5. The topological polar surface area (TPSA) is 32.3 Å². The van der Waals surface area contributed by atoms with E-state index in [9.17, 15) is 13.9 Å². The third-order valence-electron chi connectivity index (χ3n) is 3.04. The summed E-state index contributed by atoms with van der Waals surface area (Å²) in [4.78, 5) is 0. The second-order valence-corrected chi connectivity index (χ2v) is 4.22. The van der Waals surface area contributed by atoms with E-state index < -0.39 is 11.6 Å². The lowest BCUT2D eigenvalue weighted by atomic mass is 10.1. The number of rotatable bonds is 3. The minimum atomic E-state index is -0.440. The smallest absolute Gasteiger partial charge is 0.127 e. The van der Waals surface area contributed by atoms with Gasteiger partial charge in [0.15, 0.2) is 0 Å². The predicted molar refractivity (Wildman–Crippen MR) is 56.8 cm³/mol. The van der Waals surface area contributed by atoms with Crippen LogP contribution < -0.4 is 5.32 Å². The fourth-order valence-electron chi connectivity index (χ4n) is 2.10. The molecule has 4 heteroatoms. The van der Waals surface area contributed by atoms with Crippen LogP contribution in [0.1, 0.15) is 24.8 Å². The first-order valence-corrected chi connectivity index (χ1v) is 5.52. The fourth-order valence-corrected chi connectivity index (χ4v) is 2.10. The fraction of sp³-hybridized carbons (Fsp3) is 0.500. The zero-order valence-electron chi connectivity index (χ0n) is 8.92. The molecule has 1 aliphatic rings. The van der Waals surface area contributed by atoms with E-state index in [-0.39, 0.29) is 18.7 Å². The Labute approximate surface area is 93.3 Å². The molecule has 0 radical (unpaired) electrons. The molecule has 0 unspecified atom stereocenters. The Morgan fingerprint density at radius 1 is 1.31 bits per heavy atom. The summed E-state index contributed by atoms with van der Waals surface area (Å²) >= 11 is 0. The Morgan fingerprint density at radius 2 is 2.12 bits per heavy atom. The molecule has 2 rings (SSSR count). The van der Waals surface area contributed by atoms with Gasteiger partial charge in [0.05, 0.1) is 6.10 Å². The Morgan fingerprint density at radius 3 is 2.81 bits per heavy atom. The van der Waals surface area contributed by atoms with Gasteiger partial charge in [-0.1, -0.05) is 0 Å². The molecule has 2 N–H and O–H groups in total. The van der Waals surface area contributed by atoms with Crippen LogP contribution >= 0.6 is 0 Å². The summed E-state index contributed by atoms with van der Waals surface area (Å²) in [6, 6.07) is 3.41. The van der Waals surface area contributed by atoms with Gasteiger partial charge in [-0.25, -0.2) is 8.78 Å². The van der Waals surface area contributed by atoms with Crippen molar-refractivity contribution in [3.63, 3.8) is 0 Å². The number of benzene rings is 1. The van der Waals surface area contributed by atoms with Crippen LogP contribution in [0.4, 0.5) is 8.78 Å². The summed E-state index contributed by atoms with van der Waals surface area (Å²) in [6.07, 6.45) is 2.28. The predicted octanol–water partition coefficient (Wildman–Crippen LogP) is 1.97. The highest BCUT2D eigenvalue weighted by Crippen LogP contribution is 2.19.